The van der Waals surface area contributed by atoms with Crippen LogP contribution in [0, 0.1) is 0 Å². The summed E-state index contributed by atoms with van der Waals surface area (Å²) in [5.74, 6) is -0.229. The van der Waals surface area contributed by atoms with Crippen LogP contribution in [0.25, 0.3) is 0 Å². The van der Waals surface area contributed by atoms with E-state index in [2.05, 4.69) is 15.5 Å². The molecule has 1 atom stereocenters. The van der Waals surface area contributed by atoms with Crippen molar-refractivity contribution < 1.29 is 9.53 Å². The van der Waals surface area contributed by atoms with Gasteiger partial charge in [0.2, 0.25) is 5.91 Å². The van der Waals surface area contributed by atoms with Gasteiger partial charge in [-0.3, -0.25) is 9.89 Å². The number of aromatic amines is 1. The Morgan fingerprint density at radius 1 is 1.86 bits per heavy atom. The number of hydrogen-bond donors (Lipinski definition) is 3. The third-order valence-electron chi connectivity index (χ3n) is 1.70. The van der Waals surface area contributed by atoms with Crippen molar-refractivity contribution in [2.75, 3.05) is 13.7 Å². The highest BCUT2D eigenvalue weighted by atomic mass is 16.5. The van der Waals surface area contributed by atoms with E-state index < -0.39 is 6.04 Å². The summed E-state index contributed by atoms with van der Waals surface area (Å²) in [6, 6.07) is -0.619. The molecule has 14 heavy (non-hydrogen) atoms. The van der Waals surface area contributed by atoms with Crippen LogP contribution in [0.2, 0.25) is 0 Å². The lowest BCUT2D eigenvalue weighted by Gasteiger charge is -2.09. The topological polar surface area (TPSA) is 93.0 Å². The monoisotopic (exact) mass is 198 g/mol. The second-order valence-electron chi connectivity index (χ2n) is 2.89. The number of nitrogens with two attached hydrogens (primary N) is 1. The van der Waals surface area contributed by atoms with E-state index in [1.54, 1.807) is 12.4 Å². The normalized spacial score (nSPS) is 12.4. The fourth-order valence-corrected chi connectivity index (χ4v) is 0.950. The quantitative estimate of drug-likeness (QED) is 0.565. The van der Waals surface area contributed by atoms with Crippen LogP contribution < -0.4 is 11.1 Å². The number of aromatic nitrogens is 2. The van der Waals surface area contributed by atoms with Crippen LogP contribution in [-0.4, -0.2) is 35.9 Å². The number of carbonyl (C=O) groups excluding carboxylic acids is 1. The molecule has 0 aromatic carbocycles. The fourth-order valence-electron chi connectivity index (χ4n) is 0.950. The van der Waals surface area contributed by atoms with E-state index in [1.807, 2.05) is 0 Å². The molecule has 1 unspecified atom stereocenters. The Balaban J connectivity index is 2.27. The lowest BCUT2D eigenvalue weighted by molar-refractivity contribution is -0.123. The second kappa shape index (κ2) is 5.36. The van der Waals surface area contributed by atoms with Crippen LogP contribution in [0.15, 0.2) is 12.4 Å². The fraction of sp³-hybridized carbons (Fsp3) is 0.500. The van der Waals surface area contributed by atoms with E-state index in [9.17, 15) is 4.79 Å². The number of rotatable bonds is 5. The number of nitrogens with zero attached hydrogens (tertiary/aromatic N) is 1. The standard InChI is InChI=1S/C8H14N4O2/c1-14-5-7(9)8(13)10-2-6-3-11-12-4-6/h3-4,7H,2,5,9H2,1H3,(H,10,13)(H,11,12). The number of hydrogen-bond acceptors (Lipinski definition) is 4. The summed E-state index contributed by atoms with van der Waals surface area (Å²) in [6.45, 7) is 0.643. The first-order chi connectivity index (χ1) is 6.74. The van der Waals surface area contributed by atoms with E-state index in [-0.39, 0.29) is 12.5 Å². The first kappa shape index (κ1) is 10.7. The largest absolute Gasteiger partial charge is 0.383 e. The molecule has 78 valence electrons. The second-order valence-corrected chi connectivity index (χ2v) is 2.89. The minimum Gasteiger partial charge on any atom is -0.383 e. The van der Waals surface area contributed by atoms with Crippen LogP contribution >= 0.6 is 0 Å². The summed E-state index contributed by atoms with van der Waals surface area (Å²) < 4.78 is 4.76. The summed E-state index contributed by atoms with van der Waals surface area (Å²) in [5, 5.41) is 9.07. The van der Waals surface area contributed by atoms with Crippen molar-refractivity contribution >= 4 is 5.91 Å². The zero-order chi connectivity index (χ0) is 10.4. The maximum Gasteiger partial charge on any atom is 0.239 e. The van der Waals surface area contributed by atoms with Crippen LogP contribution in [0.5, 0.6) is 0 Å². The predicted octanol–water partition coefficient (Wildman–Crippen LogP) is -1.00. The lowest BCUT2D eigenvalue weighted by atomic mass is 10.3. The minimum absolute atomic E-state index is 0.219. The summed E-state index contributed by atoms with van der Waals surface area (Å²) in [7, 11) is 1.50. The zero-order valence-electron chi connectivity index (χ0n) is 7.99. The highest BCUT2D eigenvalue weighted by Crippen LogP contribution is 1.92. The molecule has 0 aliphatic rings. The van der Waals surface area contributed by atoms with Gasteiger partial charge in [0, 0.05) is 25.4 Å². The molecule has 6 nitrogen and oxygen atoms in total. The molecule has 1 heterocycles. The average Bonchev–Trinajstić information content (AvgIpc) is 2.67. The van der Waals surface area contributed by atoms with Gasteiger partial charge in [-0.25, -0.2) is 0 Å². The smallest absolute Gasteiger partial charge is 0.239 e. The van der Waals surface area contributed by atoms with Gasteiger partial charge in [0.15, 0.2) is 0 Å². The molecule has 1 amide bonds. The van der Waals surface area contributed by atoms with Crippen LogP contribution in [-0.2, 0) is 16.1 Å². The molecular formula is C8H14N4O2. The Morgan fingerprint density at radius 3 is 3.21 bits per heavy atom. The van der Waals surface area contributed by atoms with Crippen molar-refractivity contribution in [1.82, 2.24) is 15.5 Å². The molecule has 4 N–H and O–H groups in total. The highest BCUT2D eigenvalue weighted by Gasteiger charge is 2.11. The average molecular weight is 198 g/mol. The van der Waals surface area contributed by atoms with E-state index in [4.69, 9.17) is 10.5 Å². The highest BCUT2D eigenvalue weighted by molar-refractivity contribution is 5.81. The van der Waals surface area contributed by atoms with Crippen molar-refractivity contribution in [2.24, 2.45) is 5.73 Å². The lowest BCUT2D eigenvalue weighted by Crippen LogP contribution is -2.43. The molecule has 0 fully saturated rings. The number of H-pyrrole nitrogens is 1. The molecule has 0 saturated carbocycles. The van der Waals surface area contributed by atoms with Gasteiger partial charge in [-0.05, 0) is 0 Å². The van der Waals surface area contributed by atoms with Crippen molar-refractivity contribution in [1.29, 1.82) is 0 Å². The molecule has 0 saturated heterocycles. The van der Waals surface area contributed by atoms with E-state index >= 15 is 0 Å². The van der Waals surface area contributed by atoms with E-state index in [1.165, 1.54) is 7.11 Å². The van der Waals surface area contributed by atoms with Gasteiger partial charge in [0.05, 0.1) is 12.8 Å². The number of methoxy groups -OCH3 is 1. The van der Waals surface area contributed by atoms with Gasteiger partial charge in [-0.1, -0.05) is 0 Å². The molecule has 0 aliphatic heterocycles. The van der Waals surface area contributed by atoms with Gasteiger partial charge < -0.3 is 15.8 Å². The summed E-state index contributed by atoms with van der Waals surface area (Å²) in [6.07, 6.45) is 3.35. The minimum atomic E-state index is -0.619. The predicted molar refractivity (Wildman–Crippen MR) is 50.3 cm³/mol. The van der Waals surface area contributed by atoms with Crippen molar-refractivity contribution in [3.05, 3.63) is 18.0 Å². The third kappa shape index (κ3) is 3.15. The Labute approximate surface area is 81.8 Å². The van der Waals surface area contributed by atoms with Crippen molar-refractivity contribution in [2.45, 2.75) is 12.6 Å². The van der Waals surface area contributed by atoms with Crippen molar-refractivity contribution in [3.63, 3.8) is 0 Å². The Morgan fingerprint density at radius 2 is 2.64 bits per heavy atom. The van der Waals surface area contributed by atoms with Gasteiger partial charge in [-0.2, -0.15) is 5.10 Å². The molecule has 0 spiro atoms. The summed E-state index contributed by atoms with van der Waals surface area (Å²) >= 11 is 0. The molecule has 0 bridgehead atoms. The first-order valence-electron chi connectivity index (χ1n) is 4.24. The maximum atomic E-state index is 11.3. The third-order valence-corrected chi connectivity index (χ3v) is 1.70. The van der Waals surface area contributed by atoms with Crippen LogP contribution in [0.1, 0.15) is 5.56 Å². The number of nitrogens with one attached hydrogen (secondary N) is 2. The molecule has 1 aromatic rings. The molecule has 0 aliphatic carbocycles. The van der Waals surface area contributed by atoms with Gasteiger partial charge in [0.25, 0.3) is 0 Å². The Hall–Kier alpha value is -1.40. The SMILES string of the molecule is COCC(N)C(=O)NCc1cn[nH]c1. The first-order valence-corrected chi connectivity index (χ1v) is 4.24. The van der Waals surface area contributed by atoms with Gasteiger partial charge in [-0.15, -0.1) is 0 Å². The maximum absolute atomic E-state index is 11.3. The van der Waals surface area contributed by atoms with Gasteiger partial charge >= 0.3 is 0 Å². The van der Waals surface area contributed by atoms with E-state index in [0.29, 0.717) is 6.54 Å². The Bertz CT molecular complexity index is 273. The molecule has 6 heteroatoms. The van der Waals surface area contributed by atoms with E-state index in [0.717, 1.165) is 5.56 Å². The number of ether oxygens (including phenoxy) is 1. The molecule has 1 rings (SSSR count). The summed E-state index contributed by atoms with van der Waals surface area (Å²) in [5.41, 5.74) is 6.41. The molecular weight excluding hydrogens is 184 g/mol. The summed E-state index contributed by atoms with van der Waals surface area (Å²) in [4.78, 5) is 11.3. The molecule has 1 aromatic heterocycles. The van der Waals surface area contributed by atoms with Crippen LogP contribution in [0.4, 0.5) is 0 Å². The van der Waals surface area contributed by atoms with Crippen molar-refractivity contribution in [3.8, 4) is 0 Å². The zero-order valence-corrected chi connectivity index (χ0v) is 7.99. The van der Waals surface area contributed by atoms with Gasteiger partial charge in [0.1, 0.15) is 6.04 Å². The van der Waals surface area contributed by atoms with Crippen LogP contribution in [0.3, 0.4) is 0 Å². The number of amides is 1. The number of carbonyl (C=O) groups is 1. The Kier molecular flexibility index (Phi) is 4.09. The molecule has 0 radical (unpaired) electrons.